The highest BCUT2D eigenvalue weighted by atomic mass is 19.4. The molecule has 0 radical (unpaired) electrons. The molecule has 0 aliphatic rings. The summed E-state index contributed by atoms with van der Waals surface area (Å²) in [6.07, 6.45) is -4.57. The number of aromatic nitrogens is 2. The fourth-order valence-corrected chi connectivity index (χ4v) is 2.60. The second-order valence-electron chi connectivity index (χ2n) is 5.75. The van der Waals surface area contributed by atoms with Gasteiger partial charge in [-0.25, -0.2) is 9.59 Å². The Bertz CT molecular complexity index is 1010. The zero-order valence-corrected chi connectivity index (χ0v) is 13.6. The van der Waals surface area contributed by atoms with Crippen LogP contribution in [-0.4, -0.2) is 16.0 Å². The van der Waals surface area contributed by atoms with E-state index in [1.54, 1.807) is 25.1 Å². The molecule has 0 aliphatic carbocycles. The first-order valence-electron chi connectivity index (χ1n) is 7.70. The highest BCUT2D eigenvalue weighted by Crippen LogP contribution is 2.34. The third-order valence-corrected chi connectivity index (χ3v) is 3.87. The molecule has 3 rings (SSSR count). The van der Waals surface area contributed by atoms with Gasteiger partial charge in [-0.2, -0.15) is 13.2 Å². The summed E-state index contributed by atoms with van der Waals surface area (Å²) < 4.78 is 38.9. The van der Waals surface area contributed by atoms with Crippen LogP contribution in [0.5, 0.6) is 0 Å². The van der Waals surface area contributed by atoms with Gasteiger partial charge in [-0.05, 0) is 36.8 Å². The van der Waals surface area contributed by atoms with Crippen molar-refractivity contribution >= 4 is 22.8 Å². The van der Waals surface area contributed by atoms with E-state index < -0.39 is 23.8 Å². The van der Waals surface area contributed by atoms with E-state index in [1.165, 1.54) is 18.2 Å². The van der Waals surface area contributed by atoms with Crippen molar-refractivity contribution in [3.05, 3.63) is 64.1 Å². The van der Waals surface area contributed by atoms with E-state index in [-0.39, 0.29) is 11.4 Å². The normalized spacial score (nSPS) is 12.8. The van der Waals surface area contributed by atoms with E-state index in [0.29, 0.717) is 16.6 Å². The number of halogens is 3. The first kappa shape index (κ1) is 17.6. The number of para-hydroxylation sites is 1. The molecule has 1 heterocycles. The van der Waals surface area contributed by atoms with Gasteiger partial charge >= 0.3 is 17.9 Å². The lowest BCUT2D eigenvalue weighted by Crippen LogP contribution is -2.31. The Morgan fingerprint density at radius 3 is 2.50 bits per heavy atom. The van der Waals surface area contributed by atoms with Crippen LogP contribution in [0.15, 0.2) is 47.3 Å². The maximum Gasteiger partial charge on any atom is 0.418 e. The molecular formula is C17H15F3N4O2. The number of aromatic amines is 2. The second-order valence-corrected chi connectivity index (χ2v) is 5.75. The van der Waals surface area contributed by atoms with Crippen molar-refractivity contribution in [3.8, 4) is 0 Å². The molecule has 0 unspecified atom stereocenters. The van der Waals surface area contributed by atoms with E-state index in [9.17, 15) is 22.8 Å². The zero-order valence-electron chi connectivity index (χ0n) is 13.6. The minimum Gasteiger partial charge on any atom is -0.331 e. The fraction of sp³-hybridized carbons (Fsp3) is 0.176. The lowest BCUT2D eigenvalue weighted by Gasteiger charge is -2.17. The summed E-state index contributed by atoms with van der Waals surface area (Å²) in [5.74, 6) is 0. The van der Waals surface area contributed by atoms with Gasteiger partial charge in [0, 0.05) is 0 Å². The molecule has 1 atom stereocenters. The average molecular weight is 364 g/mol. The van der Waals surface area contributed by atoms with E-state index >= 15 is 0 Å². The number of fused-ring (bicyclic) bond motifs is 1. The number of benzene rings is 2. The first-order valence-corrected chi connectivity index (χ1v) is 7.70. The average Bonchev–Trinajstić information content (AvgIpc) is 2.93. The number of urea groups is 1. The molecule has 26 heavy (non-hydrogen) atoms. The first-order chi connectivity index (χ1) is 12.2. The van der Waals surface area contributed by atoms with Crippen LogP contribution in [-0.2, 0) is 6.18 Å². The minimum atomic E-state index is -4.57. The molecule has 0 bridgehead atoms. The summed E-state index contributed by atoms with van der Waals surface area (Å²) in [6.45, 7) is 1.68. The van der Waals surface area contributed by atoms with Crippen LogP contribution in [0.1, 0.15) is 24.1 Å². The van der Waals surface area contributed by atoms with E-state index in [0.717, 1.165) is 6.07 Å². The lowest BCUT2D eigenvalue weighted by atomic mass is 10.1. The summed E-state index contributed by atoms with van der Waals surface area (Å²) in [5, 5.41) is 4.80. The Balaban J connectivity index is 1.74. The van der Waals surface area contributed by atoms with Gasteiger partial charge in [0.05, 0.1) is 28.3 Å². The van der Waals surface area contributed by atoms with E-state index in [4.69, 9.17) is 0 Å². The number of nitrogens with one attached hydrogen (secondary N) is 4. The second kappa shape index (κ2) is 6.58. The van der Waals surface area contributed by atoms with Crippen LogP contribution in [0.4, 0.5) is 23.7 Å². The molecule has 2 amide bonds. The highest BCUT2D eigenvalue weighted by Gasteiger charge is 2.33. The number of hydrogen-bond acceptors (Lipinski definition) is 2. The highest BCUT2D eigenvalue weighted by molar-refractivity contribution is 5.90. The molecule has 0 spiro atoms. The molecular weight excluding hydrogens is 349 g/mol. The topological polar surface area (TPSA) is 89.8 Å². The van der Waals surface area contributed by atoms with Crippen molar-refractivity contribution in [2.24, 2.45) is 0 Å². The number of imidazole rings is 1. The molecule has 3 aromatic rings. The number of carbonyl (C=O) groups is 1. The Hall–Kier alpha value is -3.23. The molecule has 0 aliphatic heterocycles. The van der Waals surface area contributed by atoms with Crippen molar-refractivity contribution in [1.29, 1.82) is 0 Å². The van der Waals surface area contributed by atoms with Crippen molar-refractivity contribution < 1.29 is 18.0 Å². The number of amides is 2. The molecule has 1 aromatic heterocycles. The van der Waals surface area contributed by atoms with Gasteiger partial charge in [0.15, 0.2) is 0 Å². The molecule has 0 fully saturated rings. The molecule has 9 heteroatoms. The number of hydrogen-bond donors (Lipinski definition) is 4. The number of alkyl halides is 3. The maximum absolute atomic E-state index is 13.0. The number of H-pyrrole nitrogens is 2. The predicted octanol–water partition coefficient (Wildman–Crippen LogP) is 3.76. The molecule has 0 saturated heterocycles. The summed E-state index contributed by atoms with van der Waals surface area (Å²) in [5.41, 5.74) is 0.286. The third-order valence-electron chi connectivity index (χ3n) is 3.87. The van der Waals surface area contributed by atoms with Gasteiger partial charge in [-0.15, -0.1) is 0 Å². The van der Waals surface area contributed by atoms with Crippen LogP contribution in [0, 0.1) is 0 Å². The standard InChI is InChI=1S/C17H15F3N4O2/c1-9(10-6-7-13-14(8-10)24-16(26)23-13)21-15(25)22-12-5-3-2-4-11(12)17(18,19)20/h2-9H,1H3,(H2,21,22,25)(H2,23,24,26)/t9-/m0/s1. The smallest absolute Gasteiger partial charge is 0.331 e. The summed E-state index contributed by atoms with van der Waals surface area (Å²) in [4.78, 5) is 28.6. The third kappa shape index (κ3) is 3.71. The summed E-state index contributed by atoms with van der Waals surface area (Å²) in [7, 11) is 0. The van der Waals surface area contributed by atoms with Crippen LogP contribution >= 0.6 is 0 Å². The van der Waals surface area contributed by atoms with Gasteiger partial charge < -0.3 is 20.6 Å². The molecule has 0 saturated carbocycles. The Morgan fingerprint density at radius 2 is 1.77 bits per heavy atom. The number of carbonyl (C=O) groups excluding carboxylic acids is 1. The van der Waals surface area contributed by atoms with Crippen molar-refractivity contribution in [1.82, 2.24) is 15.3 Å². The summed E-state index contributed by atoms with van der Waals surface area (Å²) >= 11 is 0. The van der Waals surface area contributed by atoms with Crippen LogP contribution in [0.3, 0.4) is 0 Å². The number of anilines is 1. The SMILES string of the molecule is C[C@H](NC(=O)Nc1ccccc1C(F)(F)F)c1ccc2[nH]c(=O)[nH]c2c1. The van der Waals surface area contributed by atoms with E-state index in [2.05, 4.69) is 20.6 Å². The van der Waals surface area contributed by atoms with Crippen molar-refractivity contribution in [3.63, 3.8) is 0 Å². The monoisotopic (exact) mass is 364 g/mol. The largest absolute Gasteiger partial charge is 0.418 e. The van der Waals surface area contributed by atoms with Crippen LogP contribution in [0.2, 0.25) is 0 Å². The molecule has 4 N–H and O–H groups in total. The zero-order chi connectivity index (χ0) is 18.9. The van der Waals surface area contributed by atoms with Crippen LogP contribution < -0.4 is 16.3 Å². The van der Waals surface area contributed by atoms with Crippen molar-refractivity contribution in [2.75, 3.05) is 5.32 Å². The quantitative estimate of drug-likeness (QED) is 0.570. The predicted molar refractivity (Wildman–Crippen MR) is 90.9 cm³/mol. The van der Waals surface area contributed by atoms with Gasteiger partial charge in [-0.3, -0.25) is 0 Å². The van der Waals surface area contributed by atoms with Gasteiger partial charge in [-0.1, -0.05) is 18.2 Å². The maximum atomic E-state index is 13.0. The molecule has 136 valence electrons. The van der Waals surface area contributed by atoms with Gasteiger partial charge in [0.1, 0.15) is 0 Å². The van der Waals surface area contributed by atoms with Crippen molar-refractivity contribution in [2.45, 2.75) is 19.1 Å². The Labute approximate surface area is 145 Å². The van der Waals surface area contributed by atoms with Gasteiger partial charge in [0.2, 0.25) is 0 Å². The minimum absolute atomic E-state index is 0.324. The van der Waals surface area contributed by atoms with Crippen LogP contribution in [0.25, 0.3) is 11.0 Å². The molecule has 6 nitrogen and oxygen atoms in total. The Morgan fingerprint density at radius 1 is 1.08 bits per heavy atom. The summed E-state index contributed by atoms with van der Waals surface area (Å²) in [6, 6.07) is 8.55. The lowest BCUT2D eigenvalue weighted by molar-refractivity contribution is -0.136. The number of rotatable bonds is 3. The van der Waals surface area contributed by atoms with E-state index in [1.807, 2.05) is 0 Å². The molecule has 2 aromatic carbocycles. The Kier molecular flexibility index (Phi) is 4.45. The fourth-order valence-electron chi connectivity index (χ4n) is 2.60. The van der Waals surface area contributed by atoms with Gasteiger partial charge in [0.25, 0.3) is 0 Å².